The maximum absolute atomic E-state index is 13.2. The summed E-state index contributed by atoms with van der Waals surface area (Å²) in [7, 11) is -3.26. The number of hydrogen-bond donors (Lipinski definition) is 3. The molecule has 0 amide bonds. The summed E-state index contributed by atoms with van der Waals surface area (Å²) in [5, 5.41) is 2.88. The summed E-state index contributed by atoms with van der Waals surface area (Å²) in [6, 6.07) is 2.78. The van der Waals surface area contributed by atoms with Crippen LogP contribution >= 0.6 is 0 Å². The zero-order chi connectivity index (χ0) is 13.8. The van der Waals surface area contributed by atoms with Crippen molar-refractivity contribution in [1.82, 2.24) is 4.72 Å². The number of nitrogens with one attached hydrogen (secondary N) is 2. The largest absolute Gasteiger partial charge is 0.397 e. The van der Waals surface area contributed by atoms with Crippen LogP contribution < -0.4 is 15.8 Å². The fourth-order valence-electron chi connectivity index (χ4n) is 1.46. The average molecular weight is 275 g/mol. The topological polar surface area (TPSA) is 84.2 Å². The SMILES string of the molecule is CCNS(=O)(=O)CCNc1cc(C)c(F)cc1N. The lowest BCUT2D eigenvalue weighted by atomic mass is 10.2. The van der Waals surface area contributed by atoms with E-state index < -0.39 is 10.0 Å². The molecule has 0 aliphatic rings. The van der Waals surface area contributed by atoms with Crippen LogP contribution in [0, 0.1) is 12.7 Å². The van der Waals surface area contributed by atoms with Gasteiger partial charge in [-0.25, -0.2) is 17.5 Å². The van der Waals surface area contributed by atoms with Crippen LogP contribution in [0.3, 0.4) is 0 Å². The minimum atomic E-state index is -3.26. The molecule has 0 fully saturated rings. The van der Waals surface area contributed by atoms with E-state index in [1.54, 1.807) is 19.9 Å². The zero-order valence-corrected chi connectivity index (χ0v) is 11.3. The molecule has 0 heterocycles. The van der Waals surface area contributed by atoms with Crippen molar-refractivity contribution in [3.63, 3.8) is 0 Å². The molecule has 1 aromatic carbocycles. The third kappa shape index (κ3) is 4.15. The third-order valence-corrected chi connectivity index (χ3v) is 3.85. The van der Waals surface area contributed by atoms with Crippen LogP contribution in [0.25, 0.3) is 0 Å². The van der Waals surface area contributed by atoms with E-state index in [0.29, 0.717) is 17.8 Å². The smallest absolute Gasteiger partial charge is 0.213 e. The van der Waals surface area contributed by atoms with Crippen LogP contribution in [0.1, 0.15) is 12.5 Å². The summed E-state index contributed by atoms with van der Waals surface area (Å²) in [4.78, 5) is 0. The van der Waals surface area contributed by atoms with Gasteiger partial charge in [0.2, 0.25) is 10.0 Å². The number of anilines is 2. The summed E-state index contributed by atoms with van der Waals surface area (Å²) in [5.74, 6) is -0.435. The lowest BCUT2D eigenvalue weighted by Gasteiger charge is -2.11. The van der Waals surface area contributed by atoms with Crippen molar-refractivity contribution in [3.8, 4) is 0 Å². The Balaban J connectivity index is 2.62. The number of nitrogens with two attached hydrogens (primary N) is 1. The van der Waals surface area contributed by atoms with E-state index in [0.717, 1.165) is 0 Å². The van der Waals surface area contributed by atoms with Gasteiger partial charge >= 0.3 is 0 Å². The monoisotopic (exact) mass is 275 g/mol. The summed E-state index contributed by atoms with van der Waals surface area (Å²) >= 11 is 0. The molecule has 102 valence electrons. The molecule has 0 aromatic heterocycles. The van der Waals surface area contributed by atoms with Crippen molar-refractivity contribution >= 4 is 21.4 Å². The van der Waals surface area contributed by atoms with E-state index in [9.17, 15) is 12.8 Å². The molecule has 5 nitrogen and oxygen atoms in total. The molecule has 4 N–H and O–H groups in total. The summed E-state index contributed by atoms with van der Waals surface area (Å²) in [5.41, 5.74) is 6.90. The first-order chi connectivity index (χ1) is 8.35. The molecular weight excluding hydrogens is 257 g/mol. The van der Waals surface area contributed by atoms with Gasteiger partial charge in [0, 0.05) is 13.1 Å². The standard InChI is InChI=1S/C11H18FN3O2S/c1-3-15-18(16,17)5-4-14-11-6-8(2)9(12)7-10(11)13/h6-7,14-15H,3-5,13H2,1-2H3. The average Bonchev–Trinajstić information content (AvgIpc) is 2.25. The Bertz CT molecular complexity index is 517. The molecule has 7 heteroatoms. The number of rotatable bonds is 6. The van der Waals surface area contributed by atoms with Gasteiger partial charge in [-0.15, -0.1) is 0 Å². The van der Waals surface area contributed by atoms with Crippen LogP contribution in [-0.4, -0.2) is 27.3 Å². The quantitative estimate of drug-likeness (QED) is 0.678. The third-order valence-electron chi connectivity index (χ3n) is 2.38. The Labute approximate surface area is 107 Å². The fourth-order valence-corrected chi connectivity index (χ4v) is 2.42. The van der Waals surface area contributed by atoms with E-state index in [4.69, 9.17) is 5.73 Å². The Morgan fingerprint density at radius 1 is 1.39 bits per heavy atom. The molecular formula is C11H18FN3O2S. The van der Waals surface area contributed by atoms with Crippen molar-refractivity contribution < 1.29 is 12.8 Å². The molecule has 0 aliphatic heterocycles. The second-order valence-corrected chi connectivity index (χ2v) is 5.86. The first-order valence-electron chi connectivity index (χ1n) is 5.62. The van der Waals surface area contributed by atoms with Crippen molar-refractivity contribution in [3.05, 3.63) is 23.5 Å². The minimum Gasteiger partial charge on any atom is -0.397 e. The molecule has 0 aliphatic carbocycles. The molecule has 0 atom stereocenters. The van der Waals surface area contributed by atoms with E-state index in [-0.39, 0.29) is 23.8 Å². The van der Waals surface area contributed by atoms with E-state index in [1.807, 2.05) is 0 Å². The van der Waals surface area contributed by atoms with Gasteiger partial charge in [-0.2, -0.15) is 0 Å². The second kappa shape index (κ2) is 6.01. The van der Waals surface area contributed by atoms with Gasteiger partial charge in [0.1, 0.15) is 5.82 Å². The zero-order valence-electron chi connectivity index (χ0n) is 10.5. The Kier molecular flexibility index (Phi) is 4.92. The van der Waals surface area contributed by atoms with Gasteiger partial charge in [0.15, 0.2) is 0 Å². The maximum atomic E-state index is 13.2. The lowest BCUT2D eigenvalue weighted by Crippen LogP contribution is -2.29. The first-order valence-corrected chi connectivity index (χ1v) is 7.27. The lowest BCUT2D eigenvalue weighted by molar-refractivity contribution is 0.584. The highest BCUT2D eigenvalue weighted by atomic mass is 32.2. The van der Waals surface area contributed by atoms with Crippen LogP contribution in [0.5, 0.6) is 0 Å². The normalized spacial score (nSPS) is 11.5. The van der Waals surface area contributed by atoms with Gasteiger partial charge in [0.25, 0.3) is 0 Å². The number of sulfonamides is 1. The van der Waals surface area contributed by atoms with Gasteiger partial charge in [-0.1, -0.05) is 6.92 Å². The number of hydrogen-bond acceptors (Lipinski definition) is 4. The first kappa shape index (κ1) is 14.7. The predicted octanol–water partition coefficient (Wildman–Crippen LogP) is 1.07. The van der Waals surface area contributed by atoms with Gasteiger partial charge in [-0.3, -0.25) is 0 Å². The highest BCUT2D eigenvalue weighted by molar-refractivity contribution is 7.89. The molecule has 0 spiro atoms. The van der Waals surface area contributed by atoms with E-state index in [1.165, 1.54) is 6.07 Å². The summed E-state index contributed by atoms with van der Waals surface area (Å²) in [6.07, 6.45) is 0. The minimum absolute atomic E-state index is 0.0588. The highest BCUT2D eigenvalue weighted by Gasteiger charge is 2.09. The van der Waals surface area contributed by atoms with Crippen LogP contribution in [0.15, 0.2) is 12.1 Å². The molecule has 1 rings (SSSR count). The number of benzene rings is 1. The van der Waals surface area contributed by atoms with Crippen LogP contribution in [0.4, 0.5) is 15.8 Å². The van der Waals surface area contributed by atoms with Crippen molar-refractivity contribution in [1.29, 1.82) is 0 Å². The number of nitrogen functional groups attached to an aromatic ring is 1. The highest BCUT2D eigenvalue weighted by Crippen LogP contribution is 2.22. The maximum Gasteiger partial charge on any atom is 0.213 e. The molecule has 1 aromatic rings. The van der Waals surface area contributed by atoms with Crippen LogP contribution in [-0.2, 0) is 10.0 Å². The van der Waals surface area contributed by atoms with Crippen LogP contribution in [0.2, 0.25) is 0 Å². The predicted molar refractivity (Wildman–Crippen MR) is 71.5 cm³/mol. The molecule has 0 unspecified atom stereocenters. The van der Waals surface area contributed by atoms with Gasteiger partial charge in [-0.05, 0) is 24.6 Å². The number of aryl methyl sites for hydroxylation is 1. The molecule has 0 bridgehead atoms. The fraction of sp³-hybridized carbons (Fsp3) is 0.455. The molecule has 18 heavy (non-hydrogen) atoms. The summed E-state index contributed by atoms with van der Waals surface area (Å²) in [6.45, 7) is 3.91. The Morgan fingerprint density at radius 3 is 2.67 bits per heavy atom. The van der Waals surface area contributed by atoms with E-state index >= 15 is 0 Å². The Morgan fingerprint density at radius 2 is 2.06 bits per heavy atom. The second-order valence-electron chi connectivity index (χ2n) is 3.93. The van der Waals surface area contributed by atoms with E-state index in [2.05, 4.69) is 10.0 Å². The summed E-state index contributed by atoms with van der Waals surface area (Å²) < 4.78 is 38.3. The molecule has 0 saturated carbocycles. The molecule has 0 radical (unpaired) electrons. The Hall–Kier alpha value is -1.34. The molecule has 0 saturated heterocycles. The van der Waals surface area contributed by atoms with Gasteiger partial charge in [0.05, 0.1) is 17.1 Å². The number of halogens is 1. The van der Waals surface area contributed by atoms with Crippen molar-refractivity contribution in [2.45, 2.75) is 13.8 Å². The van der Waals surface area contributed by atoms with Gasteiger partial charge < -0.3 is 11.1 Å². The van der Waals surface area contributed by atoms with Crippen molar-refractivity contribution in [2.75, 3.05) is 29.9 Å². The van der Waals surface area contributed by atoms with Crippen molar-refractivity contribution in [2.24, 2.45) is 0 Å².